The molecular weight excluding hydrogens is 335 g/mol. The minimum Gasteiger partial charge on any atom is -0.469 e. The number of carbonyl (C=O) groups excluding carboxylic acids is 2. The molecule has 0 bridgehead atoms. The summed E-state index contributed by atoms with van der Waals surface area (Å²) in [6, 6.07) is 5.47. The highest BCUT2D eigenvalue weighted by atomic mass is 19.4. The van der Waals surface area contributed by atoms with Crippen molar-refractivity contribution >= 4 is 11.9 Å². The van der Waals surface area contributed by atoms with Crippen LogP contribution in [-0.2, 0) is 20.5 Å². The summed E-state index contributed by atoms with van der Waals surface area (Å²) in [6.07, 6.45) is -2.89. The van der Waals surface area contributed by atoms with Crippen molar-refractivity contribution in [1.82, 2.24) is 4.90 Å². The number of benzene rings is 1. The Balaban J connectivity index is 1.63. The summed E-state index contributed by atoms with van der Waals surface area (Å²) >= 11 is 0. The Kier molecular flexibility index (Phi) is 4.75. The first kappa shape index (κ1) is 17.8. The number of nitrogens with zero attached hydrogens (tertiary/aromatic N) is 1. The molecule has 7 heteroatoms. The van der Waals surface area contributed by atoms with Crippen LogP contribution in [0.4, 0.5) is 13.2 Å². The van der Waals surface area contributed by atoms with Gasteiger partial charge in [-0.05, 0) is 36.8 Å². The third-order valence-electron chi connectivity index (χ3n) is 5.11. The minimum atomic E-state index is -4.41. The summed E-state index contributed by atoms with van der Waals surface area (Å²) in [5, 5.41) is 0. The number of rotatable bonds is 3. The molecule has 2 fully saturated rings. The zero-order chi connectivity index (χ0) is 18.2. The van der Waals surface area contributed by atoms with Crippen LogP contribution in [0.1, 0.15) is 36.3 Å². The van der Waals surface area contributed by atoms with Crippen LogP contribution in [0.5, 0.6) is 0 Å². The molecule has 1 saturated carbocycles. The number of ether oxygens (including phenoxy) is 1. The third-order valence-corrected chi connectivity index (χ3v) is 5.11. The number of hydrogen-bond donors (Lipinski definition) is 0. The van der Waals surface area contributed by atoms with Crippen molar-refractivity contribution in [3.05, 3.63) is 35.4 Å². The fraction of sp³-hybridized carbons (Fsp3) is 0.556. The average Bonchev–Trinajstić information content (AvgIpc) is 3.40. The first-order valence-electron chi connectivity index (χ1n) is 8.35. The maximum absolute atomic E-state index is 13.1. The van der Waals surface area contributed by atoms with E-state index < -0.39 is 17.7 Å². The number of alkyl halides is 3. The van der Waals surface area contributed by atoms with Crippen LogP contribution in [0, 0.1) is 11.8 Å². The predicted molar refractivity (Wildman–Crippen MR) is 83.6 cm³/mol. The highest BCUT2D eigenvalue weighted by Gasteiger charge is 2.49. The number of piperidine rings is 1. The first-order valence-corrected chi connectivity index (χ1v) is 8.35. The molecule has 3 rings (SSSR count). The Morgan fingerprint density at radius 3 is 2.40 bits per heavy atom. The Hall–Kier alpha value is -2.05. The van der Waals surface area contributed by atoms with Crippen molar-refractivity contribution in [3.8, 4) is 0 Å². The molecule has 4 nitrogen and oxygen atoms in total. The highest BCUT2D eigenvalue weighted by molar-refractivity contribution is 5.83. The van der Waals surface area contributed by atoms with E-state index in [9.17, 15) is 22.8 Å². The largest absolute Gasteiger partial charge is 0.469 e. The van der Waals surface area contributed by atoms with Gasteiger partial charge in [0.1, 0.15) is 0 Å². The number of likely N-dealkylation sites (tertiary alicyclic amines) is 1. The minimum absolute atomic E-state index is 0.106. The number of halogens is 3. The van der Waals surface area contributed by atoms with E-state index in [0.29, 0.717) is 32.4 Å². The number of amides is 1. The van der Waals surface area contributed by atoms with Crippen LogP contribution >= 0.6 is 0 Å². The molecule has 2 unspecified atom stereocenters. The van der Waals surface area contributed by atoms with Crippen LogP contribution in [0.15, 0.2) is 24.3 Å². The number of methoxy groups -OCH3 is 1. The van der Waals surface area contributed by atoms with Gasteiger partial charge in [-0.1, -0.05) is 18.2 Å². The van der Waals surface area contributed by atoms with Crippen LogP contribution < -0.4 is 0 Å². The normalized spacial score (nSPS) is 24.1. The molecule has 0 spiro atoms. The summed E-state index contributed by atoms with van der Waals surface area (Å²) in [6.45, 7) is 0.894. The Labute approximate surface area is 143 Å². The van der Waals surface area contributed by atoms with E-state index in [0.717, 1.165) is 6.07 Å². The highest BCUT2D eigenvalue weighted by Crippen LogP contribution is 2.51. The van der Waals surface area contributed by atoms with Gasteiger partial charge in [-0.3, -0.25) is 9.59 Å². The standard InChI is InChI=1S/C18H20F3NO3/c1-25-17(24)11-6-8-22(9-7-11)16(23)14-10-13(14)12-4-2-3-5-15(12)18(19,20)21/h2-5,11,13-14H,6-10H2,1H3. The van der Waals surface area contributed by atoms with Gasteiger partial charge >= 0.3 is 12.1 Å². The van der Waals surface area contributed by atoms with Gasteiger partial charge in [0.2, 0.25) is 5.91 Å². The Morgan fingerprint density at radius 2 is 1.80 bits per heavy atom. The monoisotopic (exact) mass is 355 g/mol. The maximum atomic E-state index is 13.1. The molecular formula is C18H20F3NO3. The molecule has 0 radical (unpaired) electrons. The van der Waals surface area contributed by atoms with Crippen molar-refractivity contribution in [3.63, 3.8) is 0 Å². The molecule has 1 amide bonds. The number of hydrogen-bond acceptors (Lipinski definition) is 3. The predicted octanol–water partition coefficient (Wildman–Crippen LogP) is 3.22. The van der Waals surface area contributed by atoms with E-state index in [2.05, 4.69) is 0 Å². The molecule has 1 heterocycles. The average molecular weight is 355 g/mol. The lowest BCUT2D eigenvalue weighted by Crippen LogP contribution is -2.41. The summed E-state index contributed by atoms with van der Waals surface area (Å²) in [7, 11) is 1.34. The fourth-order valence-electron chi connectivity index (χ4n) is 3.63. The Bertz CT molecular complexity index is 666. The second-order valence-corrected chi connectivity index (χ2v) is 6.66. The van der Waals surface area contributed by atoms with E-state index in [1.807, 2.05) is 0 Å². The number of carbonyl (C=O) groups is 2. The lowest BCUT2D eigenvalue weighted by atomic mass is 9.96. The van der Waals surface area contributed by atoms with Crippen molar-refractivity contribution in [2.75, 3.05) is 20.2 Å². The van der Waals surface area contributed by atoms with Gasteiger partial charge in [-0.25, -0.2) is 0 Å². The molecule has 1 aliphatic heterocycles. The summed E-state index contributed by atoms with van der Waals surface area (Å²) in [5.74, 6) is -1.34. The quantitative estimate of drug-likeness (QED) is 0.782. The zero-order valence-corrected chi connectivity index (χ0v) is 13.9. The molecule has 0 N–H and O–H groups in total. The SMILES string of the molecule is COC(=O)C1CCN(C(=O)C2CC2c2ccccc2C(F)(F)F)CC1. The summed E-state index contributed by atoms with van der Waals surface area (Å²) < 4.78 is 44.1. The van der Waals surface area contributed by atoms with E-state index in [1.165, 1.54) is 19.2 Å². The molecule has 2 aliphatic rings. The van der Waals surface area contributed by atoms with Gasteiger partial charge in [0, 0.05) is 19.0 Å². The van der Waals surface area contributed by atoms with Gasteiger partial charge in [0.25, 0.3) is 0 Å². The van der Waals surface area contributed by atoms with E-state index in [1.54, 1.807) is 11.0 Å². The molecule has 2 atom stereocenters. The molecule has 0 aromatic heterocycles. The van der Waals surface area contributed by atoms with Gasteiger partial charge in [-0.2, -0.15) is 13.2 Å². The second kappa shape index (κ2) is 6.69. The summed E-state index contributed by atoms with van der Waals surface area (Å²) in [4.78, 5) is 25.8. The summed E-state index contributed by atoms with van der Waals surface area (Å²) in [5.41, 5.74) is -0.447. The smallest absolute Gasteiger partial charge is 0.416 e. The van der Waals surface area contributed by atoms with Gasteiger partial charge in [0.05, 0.1) is 18.6 Å². The second-order valence-electron chi connectivity index (χ2n) is 6.66. The molecule has 1 aromatic carbocycles. The molecule has 1 saturated heterocycles. The zero-order valence-electron chi connectivity index (χ0n) is 13.9. The van der Waals surface area contributed by atoms with Crippen molar-refractivity contribution < 1.29 is 27.5 Å². The van der Waals surface area contributed by atoms with E-state index in [4.69, 9.17) is 4.74 Å². The van der Waals surface area contributed by atoms with Crippen LogP contribution in [0.3, 0.4) is 0 Å². The maximum Gasteiger partial charge on any atom is 0.416 e. The van der Waals surface area contributed by atoms with Crippen molar-refractivity contribution in [2.24, 2.45) is 11.8 Å². The van der Waals surface area contributed by atoms with E-state index >= 15 is 0 Å². The van der Waals surface area contributed by atoms with Gasteiger partial charge in [0.15, 0.2) is 0 Å². The Morgan fingerprint density at radius 1 is 1.16 bits per heavy atom. The topological polar surface area (TPSA) is 46.6 Å². The van der Waals surface area contributed by atoms with Crippen LogP contribution in [-0.4, -0.2) is 37.0 Å². The van der Waals surface area contributed by atoms with Crippen molar-refractivity contribution in [1.29, 1.82) is 0 Å². The first-order chi connectivity index (χ1) is 11.8. The van der Waals surface area contributed by atoms with Gasteiger partial charge < -0.3 is 9.64 Å². The molecule has 1 aromatic rings. The lowest BCUT2D eigenvalue weighted by molar-refractivity contribution is -0.149. The lowest BCUT2D eigenvalue weighted by Gasteiger charge is -2.31. The fourth-order valence-corrected chi connectivity index (χ4v) is 3.63. The third kappa shape index (κ3) is 3.65. The van der Waals surface area contributed by atoms with Crippen LogP contribution in [0.25, 0.3) is 0 Å². The number of esters is 1. The van der Waals surface area contributed by atoms with Crippen LogP contribution in [0.2, 0.25) is 0 Å². The molecule has 1 aliphatic carbocycles. The van der Waals surface area contributed by atoms with E-state index in [-0.39, 0.29) is 29.3 Å². The van der Waals surface area contributed by atoms with Crippen molar-refractivity contribution in [2.45, 2.75) is 31.4 Å². The van der Waals surface area contributed by atoms with Gasteiger partial charge in [-0.15, -0.1) is 0 Å². The molecule has 25 heavy (non-hydrogen) atoms. The molecule has 136 valence electrons.